The number of nitrogens with zero attached hydrogens (tertiary/aromatic N) is 6. The summed E-state index contributed by atoms with van der Waals surface area (Å²) in [4.78, 5) is 0. The predicted molar refractivity (Wildman–Crippen MR) is 29.8 cm³/mol. The maximum absolute atomic E-state index is 6.25. The van der Waals surface area contributed by atoms with E-state index in [-0.39, 0.29) is 68.5 Å². The van der Waals surface area contributed by atoms with Crippen LogP contribution in [0.25, 0.3) is 0 Å². The summed E-state index contributed by atoms with van der Waals surface area (Å²) in [6.07, 6.45) is 0. The van der Waals surface area contributed by atoms with Crippen molar-refractivity contribution in [1.82, 2.24) is 0 Å². The molecule has 0 saturated carbocycles. The van der Waals surface area contributed by atoms with Crippen molar-refractivity contribution in [3.63, 3.8) is 0 Å². The van der Waals surface area contributed by atoms with E-state index in [4.69, 9.17) is 71.0 Å². The average molecular weight is 251 g/mol. The molecule has 14 heavy (non-hydrogen) atoms. The van der Waals surface area contributed by atoms with Crippen LogP contribution in [0, 0.1) is 71.0 Å². The molecule has 0 aromatic heterocycles. The van der Waals surface area contributed by atoms with E-state index in [0.717, 1.165) is 0 Å². The molecule has 0 aliphatic carbocycles. The van der Waals surface area contributed by atoms with Gasteiger partial charge in [-0.1, -0.05) is 0 Å². The molecule has 0 aliphatic heterocycles. The normalized spacial score (nSPS) is 0.857. The van der Waals surface area contributed by atoms with Gasteiger partial charge in [-0.15, -0.1) is 0 Å². The molecular weight excluding hydrogens is 251 g/mol. The first-order valence-electron chi connectivity index (χ1n) is 1.34. The Kier molecular flexibility index (Phi) is 9600. The Balaban J connectivity index is -0.00000000500. The van der Waals surface area contributed by atoms with Gasteiger partial charge in [0.25, 0.3) is 0 Å². The molecule has 0 atom stereocenters. The monoisotopic (exact) mass is 251 g/mol. The van der Waals surface area contributed by atoms with Crippen molar-refractivity contribution in [1.29, 1.82) is 31.6 Å². The third kappa shape index (κ3) is 1380. The quantitative estimate of drug-likeness (QED) is 0.346. The summed E-state index contributed by atoms with van der Waals surface area (Å²) in [5.74, 6) is 0. The third-order valence-corrected chi connectivity index (χ3v) is 0. The van der Waals surface area contributed by atoms with Crippen LogP contribution in [-0.4, -0.2) is 0 Å². The minimum absolute atomic E-state index is 0. The first-order chi connectivity index (χ1) is 6.00. The van der Waals surface area contributed by atoms with Crippen molar-refractivity contribution in [2.45, 2.75) is 0 Å². The minimum Gasteiger partial charge on any atom is -0.512 e. The Morgan fingerprint density at radius 2 is 0.357 bits per heavy atom. The molecule has 0 bridgehead atoms. The summed E-state index contributed by atoms with van der Waals surface area (Å²) in [7, 11) is 0. The summed E-state index contributed by atoms with van der Waals surface area (Å²) in [5, 5.41) is 37.5. The molecule has 0 amide bonds. The van der Waals surface area contributed by atoms with Crippen LogP contribution in [0.4, 0.5) is 0 Å². The maximum atomic E-state index is 6.25. The van der Waals surface area contributed by atoms with E-state index >= 15 is 0 Å². The van der Waals surface area contributed by atoms with Crippen molar-refractivity contribution in [2.75, 3.05) is 0 Å². The summed E-state index contributed by atoms with van der Waals surface area (Å²) < 4.78 is 0. The zero-order valence-electron chi connectivity index (χ0n) is 7.04. The van der Waals surface area contributed by atoms with Crippen LogP contribution in [0.1, 0.15) is 0 Å². The smallest absolute Gasteiger partial charge is 0.512 e. The van der Waals surface area contributed by atoms with Gasteiger partial charge in [-0.3, -0.25) is 0 Å². The van der Waals surface area contributed by atoms with Gasteiger partial charge in [0.05, 0.1) is 0 Å². The van der Waals surface area contributed by atoms with Crippen molar-refractivity contribution < 1.29 is 68.5 Å². The molecule has 8 heteroatoms. The van der Waals surface area contributed by atoms with Crippen molar-refractivity contribution in [2.24, 2.45) is 0 Å². The molecule has 0 aromatic carbocycles. The van der Waals surface area contributed by atoms with Gasteiger partial charge in [-0.05, 0) is 0 Å². The Hall–Kier alpha value is -0.904. The molecule has 6 nitrogen and oxygen atoms in total. The molecule has 1 radical (unpaired) electrons. The largest absolute Gasteiger partial charge is 3.00 e. The second-order valence-electron chi connectivity index (χ2n) is 0. The van der Waals surface area contributed by atoms with E-state index in [1.165, 1.54) is 0 Å². The van der Waals surface area contributed by atoms with Crippen LogP contribution in [0.15, 0.2) is 0 Å². The van der Waals surface area contributed by atoms with Crippen LogP contribution in [0.5, 0.6) is 0 Å². The fourth-order valence-electron chi connectivity index (χ4n) is 0. The Bertz CT molecular complexity index is 97.3. The van der Waals surface area contributed by atoms with E-state index in [9.17, 15) is 0 Å². The first-order valence-corrected chi connectivity index (χ1v) is 1.34. The van der Waals surface area contributed by atoms with Gasteiger partial charge in [0.1, 0.15) is 0 Å². The zero-order chi connectivity index (χ0) is 12.0. The summed E-state index contributed by atoms with van der Waals surface area (Å²) in [6.45, 7) is 28.5. The molecule has 0 heterocycles. The number of hydrogen-bond acceptors (Lipinski definition) is 6. The standard InChI is InChI=1S/6CN.Fe.K/c6*1-2;;/q6*-1;+3;+1. The van der Waals surface area contributed by atoms with Gasteiger partial charge in [0.2, 0.25) is 0 Å². The second-order valence-corrected chi connectivity index (χ2v) is 0. The van der Waals surface area contributed by atoms with Gasteiger partial charge in [-0.25, -0.2) is 0 Å². The van der Waals surface area contributed by atoms with Gasteiger partial charge < -0.3 is 71.0 Å². The SMILES string of the molecule is [C-]#N.[C-]#N.[C-]#N.[C-]#N.[C-]#N.[C-]#N.[Fe+3].[K+]. The zero-order valence-corrected chi connectivity index (χ0v) is 11.3. The van der Waals surface area contributed by atoms with Crippen LogP contribution >= 0.6 is 0 Å². The van der Waals surface area contributed by atoms with Crippen molar-refractivity contribution >= 4 is 0 Å². The van der Waals surface area contributed by atoms with Crippen molar-refractivity contribution in [3.05, 3.63) is 39.4 Å². The molecule has 0 unspecified atom stereocenters. The molecule has 0 spiro atoms. The van der Waals surface area contributed by atoms with Crippen LogP contribution in [0.2, 0.25) is 0 Å². The Labute approximate surface area is 137 Å². The van der Waals surface area contributed by atoms with Crippen LogP contribution < -0.4 is 51.4 Å². The molecule has 0 N–H and O–H groups in total. The summed E-state index contributed by atoms with van der Waals surface area (Å²) in [5.41, 5.74) is 0. The van der Waals surface area contributed by atoms with Gasteiger partial charge in [0.15, 0.2) is 0 Å². The number of hydrogen-bond donors (Lipinski definition) is 0. The Morgan fingerprint density at radius 1 is 0.357 bits per heavy atom. The van der Waals surface area contributed by atoms with E-state index in [1.54, 1.807) is 0 Å². The van der Waals surface area contributed by atoms with Crippen LogP contribution in [-0.2, 0) is 17.1 Å². The maximum Gasteiger partial charge on any atom is 3.00 e. The van der Waals surface area contributed by atoms with E-state index < -0.39 is 0 Å². The van der Waals surface area contributed by atoms with E-state index in [2.05, 4.69) is 0 Å². The van der Waals surface area contributed by atoms with Gasteiger partial charge >= 0.3 is 68.5 Å². The van der Waals surface area contributed by atoms with Crippen molar-refractivity contribution in [3.8, 4) is 0 Å². The topological polar surface area (TPSA) is 143 Å². The predicted octanol–water partition coefficient (Wildman–Crippen LogP) is -2.42. The molecule has 0 saturated heterocycles. The molecule has 0 rings (SSSR count). The molecule has 65 valence electrons. The Morgan fingerprint density at radius 3 is 0.357 bits per heavy atom. The summed E-state index contributed by atoms with van der Waals surface area (Å²) >= 11 is 0. The molecule has 0 aliphatic rings. The fraction of sp³-hybridized carbons (Fsp3) is 0. The minimum atomic E-state index is 0. The first kappa shape index (κ1) is 73.8. The van der Waals surface area contributed by atoms with Gasteiger partial charge in [-0.2, -0.15) is 0 Å². The second kappa shape index (κ2) is 1820. The number of rotatable bonds is 0. The van der Waals surface area contributed by atoms with E-state index in [1.807, 2.05) is 0 Å². The summed E-state index contributed by atoms with van der Waals surface area (Å²) in [6, 6.07) is 0. The average Bonchev–Trinajstić information content (AvgIpc) is 2.33. The fourth-order valence-corrected chi connectivity index (χ4v) is 0. The molecule has 0 aromatic rings. The van der Waals surface area contributed by atoms with Crippen LogP contribution in [0.3, 0.4) is 0 Å². The van der Waals surface area contributed by atoms with Gasteiger partial charge in [0, 0.05) is 0 Å². The molecule has 0 fully saturated rings. The third-order valence-electron chi connectivity index (χ3n) is 0. The van der Waals surface area contributed by atoms with E-state index in [0.29, 0.717) is 0 Å². The molecular formula is C6FeKN6-2.